The number of rotatable bonds is 6. The van der Waals surface area contributed by atoms with Crippen molar-refractivity contribution in [2.24, 2.45) is 11.8 Å². The second kappa shape index (κ2) is 11.6. The summed E-state index contributed by atoms with van der Waals surface area (Å²) in [5, 5.41) is 0. The Kier molecular flexibility index (Phi) is 7.14. The van der Waals surface area contributed by atoms with Gasteiger partial charge in [-0.2, -0.15) is 0 Å². The van der Waals surface area contributed by atoms with Crippen LogP contribution < -0.4 is 4.90 Å². The van der Waals surface area contributed by atoms with E-state index in [4.69, 9.17) is 0 Å². The van der Waals surface area contributed by atoms with Crippen LogP contribution >= 0.6 is 0 Å². The lowest BCUT2D eigenvalue weighted by Crippen LogP contribution is -2.18. The maximum Gasteiger partial charge on any atom is 0.0496 e. The van der Waals surface area contributed by atoms with E-state index < -0.39 is 0 Å². The number of anilines is 3. The van der Waals surface area contributed by atoms with Crippen molar-refractivity contribution in [3.63, 3.8) is 0 Å². The van der Waals surface area contributed by atoms with Gasteiger partial charge in [-0.25, -0.2) is 0 Å². The zero-order valence-electron chi connectivity index (χ0n) is 28.1. The number of hydrogen-bond acceptors (Lipinski definition) is 1. The summed E-state index contributed by atoms with van der Waals surface area (Å²) in [4.78, 5) is 2.61. The standard InChI is InChI=1S/C46H47N/c1-46(2)42-19-11-9-18-39(42)45-41(33-15-7-4-8-16-33)29-37(30-43(45)46)47(44-20-12-10-17-38(44)32-13-5-3-6-14-32)36-25-23-34(24-26-36)40-28-31-21-22-35(40)27-31/h4,7-12,15-20,23-26,29-32,35,40H,3,5-6,13-14,21-22,27-28H2,1-2H3. The second-order valence-electron chi connectivity index (χ2n) is 15.6. The van der Waals surface area contributed by atoms with E-state index in [0.717, 1.165) is 17.8 Å². The summed E-state index contributed by atoms with van der Waals surface area (Å²) >= 11 is 0. The van der Waals surface area contributed by atoms with E-state index in [9.17, 15) is 0 Å². The third-order valence-corrected chi connectivity index (χ3v) is 12.5. The molecule has 3 fully saturated rings. The molecule has 2 bridgehead atoms. The molecule has 0 heterocycles. The number of para-hydroxylation sites is 1. The Hall–Kier alpha value is -4.10. The summed E-state index contributed by atoms with van der Waals surface area (Å²) < 4.78 is 0. The molecule has 0 N–H and O–H groups in total. The highest BCUT2D eigenvalue weighted by Gasteiger charge is 2.40. The summed E-state index contributed by atoms with van der Waals surface area (Å²) in [6.07, 6.45) is 12.3. The van der Waals surface area contributed by atoms with Crippen LogP contribution in [0.2, 0.25) is 0 Å². The van der Waals surface area contributed by atoms with Gasteiger partial charge in [0.15, 0.2) is 0 Å². The first-order valence-electron chi connectivity index (χ1n) is 18.4. The molecule has 0 aromatic heterocycles. The number of hydrogen-bond donors (Lipinski definition) is 0. The zero-order valence-corrected chi connectivity index (χ0v) is 28.1. The van der Waals surface area contributed by atoms with E-state index >= 15 is 0 Å². The van der Waals surface area contributed by atoms with Gasteiger partial charge < -0.3 is 4.90 Å². The highest BCUT2D eigenvalue weighted by atomic mass is 15.1. The van der Waals surface area contributed by atoms with E-state index in [1.807, 2.05) is 0 Å². The van der Waals surface area contributed by atoms with Crippen LogP contribution in [0, 0.1) is 11.8 Å². The van der Waals surface area contributed by atoms with Crippen LogP contribution in [0.1, 0.15) is 106 Å². The maximum atomic E-state index is 2.61. The number of fused-ring (bicyclic) bond motifs is 5. The lowest BCUT2D eigenvalue weighted by atomic mass is 9.81. The first kappa shape index (κ1) is 29.1. The Bertz CT molecular complexity index is 1910. The van der Waals surface area contributed by atoms with Crippen LogP contribution in [-0.4, -0.2) is 0 Å². The molecule has 9 rings (SSSR count). The summed E-state index contributed by atoms with van der Waals surface area (Å²) in [6.45, 7) is 4.83. The highest BCUT2D eigenvalue weighted by Crippen LogP contribution is 2.56. The topological polar surface area (TPSA) is 3.24 Å². The summed E-state index contributed by atoms with van der Waals surface area (Å²) in [5.41, 5.74) is 15.1. The Morgan fingerprint density at radius 3 is 2.11 bits per heavy atom. The molecule has 0 amide bonds. The van der Waals surface area contributed by atoms with Gasteiger partial charge in [-0.3, -0.25) is 0 Å². The largest absolute Gasteiger partial charge is 0.310 e. The average Bonchev–Trinajstić information content (AvgIpc) is 3.83. The minimum absolute atomic E-state index is 0.0916. The molecule has 4 aliphatic carbocycles. The molecule has 1 nitrogen and oxygen atoms in total. The molecule has 5 aromatic carbocycles. The molecule has 3 atom stereocenters. The highest BCUT2D eigenvalue weighted by molar-refractivity contribution is 5.96. The van der Waals surface area contributed by atoms with E-state index in [0.29, 0.717) is 5.92 Å². The predicted octanol–water partition coefficient (Wildman–Crippen LogP) is 13.1. The van der Waals surface area contributed by atoms with Crippen molar-refractivity contribution in [2.75, 3.05) is 4.90 Å². The fraction of sp³-hybridized carbons (Fsp3) is 0.348. The zero-order chi connectivity index (χ0) is 31.5. The molecule has 236 valence electrons. The molecular weight excluding hydrogens is 567 g/mol. The normalized spacial score (nSPS) is 22.6. The number of nitrogens with zero attached hydrogens (tertiary/aromatic N) is 1. The van der Waals surface area contributed by atoms with Crippen molar-refractivity contribution in [2.45, 2.75) is 88.9 Å². The van der Waals surface area contributed by atoms with Gasteiger partial charge in [-0.15, -0.1) is 0 Å². The fourth-order valence-electron chi connectivity index (χ4n) is 10.2. The molecule has 5 aromatic rings. The van der Waals surface area contributed by atoms with Gasteiger partial charge in [0.05, 0.1) is 0 Å². The average molecular weight is 614 g/mol. The minimum atomic E-state index is -0.0916. The molecule has 0 spiro atoms. The smallest absolute Gasteiger partial charge is 0.0496 e. The molecule has 3 unspecified atom stereocenters. The van der Waals surface area contributed by atoms with E-state index in [-0.39, 0.29) is 5.41 Å². The Balaban J connectivity index is 1.25. The van der Waals surface area contributed by atoms with Crippen LogP contribution in [0.25, 0.3) is 22.3 Å². The molecule has 47 heavy (non-hydrogen) atoms. The van der Waals surface area contributed by atoms with Gasteiger partial charge in [0.25, 0.3) is 0 Å². The first-order chi connectivity index (χ1) is 23.1. The second-order valence-corrected chi connectivity index (χ2v) is 15.6. The van der Waals surface area contributed by atoms with Crippen molar-refractivity contribution in [1.29, 1.82) is 0 Å². The quantitative estimate of drug-likeness (QED) is 0.184. The van der Waals surface area contributed by atoms with Gasteiger partial charge in [0.2, 0.25) is 0 Å². The third-order valence-electron chi connectivity index (χ3n) is 12.5. The maximum absolute atomic E-state index is 2.61. The van der Waals surface area contributed by atoms with Gasteiger partial charge >= 0.3 is 0 Å². The molecular formula is C46H47N. The van der Waals surface area contributed by atoms with Crippen molar-refractivity contribution >= 4 is 17.1 Å². The van der Waals surface area contributed by atoms with Crippen LogP contribution in [0.4, 0.5) is 17.1 Å². The van der Waals surface area contributed by atoms with E-state index in [2.05, 4.69) is 134 Å². The van der Waals surface area contributed by atoms with Gasteiger partial charge in [0, 0.05) is 22.5 Å². The molecule has 1 heteroatoms. The summed E-state index contributed by atoms with van der Waals surface area (Å²) in [6, 6.07) is 44.4. The summed E-state index contributed by atoms with van der Waals surface area (Å²) in [5.74, 6) is 3.20. The Labute approximate surface area is 281 Å². The first-order valence-corrected chi connectivity index (χ1v) is 18.4. The van der Waals surface area contributed by atoms with Crippen LogP contribution in [0.3, 0.4) is 0 Å². The molecule has 4 aliphatic rings. The van der Waals surface area contributed by atoms with Gasteiger partial charge in [-0.05, 0) is 131 Å². The van der Waals surface area contributed by atoms with E-state index in [1.165, 1.54) is 114 Å². The predicted molar refractivity (Wildman–Crippen MR) is 198 cm³/mol. The van der Waals surface area contributed by atoms with Crippen LogP contribution in [0.15, 0.2) is 115 Å². The lowest BCUT2D eigenvalue weighted by molar-refractivity contribution is 0.420. The van der Waals surface area contributed by atoms with E-state index in [1.54, 1.807) is 5.56 Å². The summed E-state index contributed by atoms with van der Waals surface area (Å²) in [7, 11) is 0. The molecule has 0 aliphatic heterocycles. The lowest BCUT2D eigenvalue weighted by Gasteiger charge is -2.33. The SMILES string of the molecule is CC1(C)c2ccccc2-c2c(-c3ccccc3)cc(N(c3ccc(C4CC5CCC4C5)cc3)c3ccccc3C3CCCCC3)cc21. The fourth-order valence-corrected chi connectivity index (χ4v) is 10.2. The number of benzene rings is 5. The monoisotopic (exact) mass is 613 g/mol. The van der Waals surface area contributed by atoms with Crippen LogP contribution in [-0.2, 0) is 5.41 Å². The Morgan fingerprint density at radius 2 is 1.34 bits per heavy atom. The van der Waals surface area contributed by atoms with Gasteiger partial charge in [-0.1, -0.05) is 124 Å². The molecule has 3 saturated carbocycles. The molecule has 0 radical (unpaired) electrons. The van der Waals surface area contributed by atoms with Crippen molar-refractivity contribution in [3.05, 3.63) is 138 Å². The molecule has 0 saturated heterocycles. The van der Waals surface area contributed by atoms with Crippen molar-refractivity contribution < 1.29 is 0 Å². The third kappa shape index (κ3) is 4.88. The van der Waals surface area contributed by atoms with Crippen LogP contribution in [0.5, 0.6) is 0 Å². The van der Waals surface area contributed by atoms with Gasteiger partial charge in [0.1, 0.15) is 0 Å². The van der Waals surface area contributed by atoms with Crippen molar-refractivity contribution in [1.82, 2.24) is 0 Å². The van der Waals surface area contributed by atoms with Crippen molar-refractivity contribution in [3.8, 4) is 22.3 Å². The minimum Gasteiger partial charge on any atom is -0.310 e. The Morgan fingerprint density at radius 1 is 0.596 bits per heavy atom.